The molecule has 0 N–H and O–H groups in total. The molecule has 0 amide bonds. The second kappa shape index (κ2) is 6.47. The van der Waals surface area contributed by atoms with Crippen LogP contribution >= 0.6 is 0 Å². The number of aryl methyl sites for hydroxylation is 2. The van der Waals surface area contributed by atoms with Gasteiger partial charge in [-0.3, -0.25) is 0 Å². The third-order valence-electron chi connectivity index (χ3n) is 3.09. The topological polar surface area (TPSA) is 0 Å². The van der Waals surface area contributed by atoms with Gasteiger partial charge in [0.25, 0.3) is 0 Å². The molecule has 94 valence electrons. The zero-order chi connectivity index (χ0) is 10.4. The molecule has 0 unspecified atom stereocenters. The van der Waals surface area contributed by atoms with Crippen LogP contribution in [-0.4, -0.2) is 0 Å². The van der Waals surface area contributed by atoms with Crippen molar-refractivity contribution >= 4 is 0 Å². The molecule has 0 nitrogen and oxygen atoms in total. The molecule has 0 aliphatic heterocycles. The zero-order valence-corrected chi connectivity index (χ0v) is 15.2. The van der Waals surface area contributed by atoms with Crippen molar-refractivity contribution in [1.29, 1.82) is 0 Å². The van der Waals surface area contributed by atoms with Crippen LogP contribution in [0, 0.1) is 34.8 Å². The van der Waals surface area contributed by atoms with Crippen molar-refractivity contribution in [2.75, 3.05) is 0 Å². The Bertz CT molecular complexity index is 492. The van der Waals surface area contributed by atoms with E-state index in [-0.39, 0.29) is 40.7 Å². The summed E-state index contributed by atoms with van der Waals surface area (Å²) in [6.07, 6.45) is 1.05. The van der Waals surface area contributed by atoms with Crippen molar-refractivity contribution in [3.05, 3.63) is 73.5 Å². The number of fused-ring (bicyclic) bond motifs is 3. The van der Waals surface area contributed by atoms with Gasteiger partial charge in [-0.25, -0.2) is 0 Å². The van der Waals surface area contributed by atoms with Crippen LogP contribution < -0.4 is 0 Å². The Kier molecular flexibility index (Phi) is 6.22. The molecule has 0 bridgehead atoms. The third kappa shape index (κ3) is 2.83. The van der Waals surface area contributed by atoms with Gasteiger partial charge in [-0.2, -0.15) is 23.8 Å². The van der Waals surface area contributed by atoms with Crippen LogP contribution in [0.4, 0.5) is 0 Å². The van der Waals surface area contributed by atoms with E-state index in [0.717, 1.165) is 6.42 Å². The van der Waals surface area contributed by atoms with Gasteiger partial charge in [0.15, 0.2) is 0 Å². The molecule has 0 saturated heterocycles. The first-order valence-electron chi connectivity index (χ1n) is 5.36. The van der Waals surface area contributed by atoms with Gasteiger partial charge in [0, 0.05) is 25.8 Å². The molecule has 0 saturated carbocycles. The van der Waals surface area contributed by atoms with E-state index < -0.39 is 0 Å². The molecule has 1 aliphatic rings. The van der Waals surface area contributed by atoms with E-state index >= 15 is 0 Å². The average Bonchev–Trinajstić information content (AvgIpc) is 2.53. The van der Waals surface area contributed by atoms with E-state index in [4.69, 9.17) is 0 Å². The van der Waals surface area contributed by atoms with Gasteiger partial charge in [0.2, 0.25) is 0 Å². The minimum atomic E-state index is 0. The Morgan fingerprint density at radius 2 is 1.61 bits per heavy atom. The van der Waals surface area contributed by atoms with Crippen molar-refractivity contribution in [3.63, 3.8) is 0 Å². The summed E-state index contributed by atoms with van der Waals surface area (Å²) in [7, 11) is 0. The summed E-state index contributed by atoms with van der Waals surface area (Å²) in [6.45, 7) is 4.26. The number of hydrogen-bond acceptors (Lipinski definition) is 0. The van der Waals surface area contributed by atoms with E-state index in [1.165, 1.54) is 33.4 Å². The minimum absolute atomic E-state index is 0. The van der Waals surface area contributed by atoms with Crippen molar-refractivity contribution in [1.82, 2.24) is 0 Å². The summed E-state index contributed by atoms with van der Waals surface area (Å²) in [4.78, 5) is 0. The van der Waals surface area contributed by atoms with Crippen LogP contribution in [0.1, 0.15) is 22.3 Å². The first kappa shape index (κ1) is 17.3. The fraction of sp³-hybridized carbons (Fsp3) is 0.176. The summed E-state index contributed by atoms with van der Waals surface area (Å²) < 4.78 is 0. The van der Waals surface area contributed by atoms with E-state index in [2.05, 4.69) is 50.2 Å². The molecule has 2 aromatic rings. The van der Waals surface area contributed by atoms with Gasteiger partial charge in [-0.1, -0.05) is 36.2 Å². The summed E-state index contributed by atoms with van der Waals surface area (Å²) >= 11 is 0. The summed E-state index contributed by atoms with van der Waals surface area (Å²) in [5.74, 6) is 0. The summed E-state index contributed by atoms with van der Waals surface area (Å²) in [6, 6.07) is 14.5. The molecule has 1 aliphatic carbocycles. The molecule has 0 atom stereocenters. The second-order valence-corrected chi connectivity index (χ2v) is 4.37. The van der Waals surface area contributed by atoms with Crippen LogP contribution in [0.25, 0.3) is 11.1 Å². The minimum Gasteiger partial charge on any atom is -0.358 e. The van der Waals surface area contributed by atoms with E-state index in [1.807, 2.05) is 0 Å². The van der Waals surface area contributed by atoms with Gasteiger partial charge in [-0.05, 0) is 18.9 Å². The molecular weight excluding hydrogens is 383 g/mol. The third-order valence-corrected chi connectivity index (χ3v) is 3.09. The predicted molar refractivity (Wildman–Crippen MR) is 75.8 cm³/mol. The zero-order valence-electron chi connectivity index (χ0n) is 11.6. The second-order valence-electron chi connectivity index (χ2n) is 4.37. The first-order valence-corrected chi connectivity index (χ1v) is 5.36. The molecule has 0 radical (unpaired) electrons. The van der Waals surface area contributed by atoms with Gasteiger partial charge >= 0.3 is 0 Å². The molecule has 0 aromatic heterocycles. The maximum absolute atomic E-state index is 3.45. The Balaban J connectivity index is 0.000000963. The largest absolute Gasteiger partial charge is 0.358 e. The van der Waals surface area contributed by atoms with Crippen LogP contribution in [0.2, 0.25) is 0 Å². The fourth-order valence-electron chi connectivity index (χ4n) is 2.37. The van der Waals surface area contributed by atoms with Crippen LogP contribution in [-0.2, 0) is 32.3 Å². The monoisotopic (exact) mass is 403 g/mol. The van der Waals surface area contributed by atoms with Crippen LogP contribution in [0.3, 0.4) is 0 Å². The Labute approximate surface area is 130 Å². The number of rotatable bonds is 0. The summed E-state index contributed by atoms with van der Waals surface area (Å²) in [5, 5.41) is 0. The predicted octanol–water partition coefficient (Wildman–Crippen LogP) is 4.57. The maximum atomic E-state index is 3.45. The van der Waals surface area contributed by atoms with Gasteiger partial charge < -0.3 is 14.9 Å². The Morgan fingerprint density at radius 3 is 2.33 bits per heavy atom. The van der Waals surface area contributed by atoms with Gasteiger partial charge in [0.05, 0.1) is 0 Å². The SMILES string of the molecule is Cc1[c-]c2c(cc1)-c1ccc(C)cc1C2.[CH3-].[CH3-].[Hf]. The van der Waals surface area contributed by atoms with E-state index in [0.29, 0.717) is 0 Å². The first-order chi connectivity index (χ1) is 7.24. The normalized spacial score (nSPS) is 10.3. The van der Waals surface area contributed by atoms with E-state index in [9.17, 15) is 0 Å². The fourth-order valence-corrected chi connectivity index (χ4v) is 2.37. The van der Waals surface area contributed by atoms with E-state index in [1.54, 1.807) is 0 Å². The molecule has 18 heavy (non-hydrogen) atoms. The van der Waals surface area contributed by atoms with Crippen molar-refractivity contribution in [3.8, 4) is 11.1 Å². The molecule has 0 fully saturated rings. The molecule has 0 spiro atoms. The van der Waals surface area contributed by atoms with Crippen molar-refractivity contribution in [2.45, 2.75) is 20.3 Å². The molecule has 1 heteroatoms. The number of benzene rings is 2. The van der Waals surface area contributed by atoms with Gasteiger partial charge in [0.1, 0.15) is 0 Å². The van der Waals surface area contributed by atoms with Crippen molar-refractivity contribution < 1.29 is 25.8 Å². The van der Waals surface area contributed by atoms with Crippen LogP contribution in [0.15, 0.2) is 30.3 Å². The van der Waals surface area contributed by atoms with Gasteiger partial charge in [-0.15, -0.1) is 11.1 Å². The number of hydrogen-bond donors (Lipinski definition) is 0. The molecule has 0 heterocycles. The van der Waals surface area contributed by atoms with Crippen LogP contribution in [0.5, 0.6) is 0 Å². The molecular formula is C17H19Hf-3. The average molecular weight is 402 g/mol. The quantitative estimate of drug-likeness (QED) is 0.382. The standard InChI is InChI=1S/C15H13.2CH3.Hf/c1-10-3-5-14-12(7-10)9-13-8-11(2)4-6-15(13)14;;;/h3-7H,9H2,1-2H3;2*1H3;/q3*-1;. The van der Waals surface area contributed by atoms with Crippen molar-refractivity contribution in [2.24, 2.45) is 0 Å². The molecule has 3 rings (SSSR count). The molecule has 2 aromatic carbocycles. The smallest absolute Gasteiger partial charge is 0 e. The Morgan fingerprint density at radius 1 is 0.944 bits per heavy atom. The summed E-state index contributed by atoms with van der Waals surface area (Å²) in [5.41, 5.74) is 8.15. The Hall–Kier alpha value is -0.690. The maximum Gasteiger partial charge on any atom is 0 e.